The third kappa shape index (κ3) is 5.12. The molecule has 0 spiro atoms. The normalized spacial score (nSPS) is 27.0. The van der Waals surface area contributed by atoms with Gasteiger partial charge < -0.3 is 19.3 Å². The predicted octanol–water partition coefficient (Wildman–Crippen LogP) is 4.11. The molecular formula is C17H24BrIO4. The van der Waals surface area contributed by atoms with E-state index in [1.54, 1.807) is 6.92 Å². The lowest BCUT2D eigenvalue weighted by molar-refractivity contribution is -0.306. The largest absolute Gasteiger partial charge is 0.391 e. The number of aliphatic hydroxyl groups is 1. The third-order valence-corrected chi connectivity index (χ3v) is 6.30. The molecule has 4 atom stereocenters. The summed E-state index contributed by atoms with van der Waals surface area (Å²) < 4.78 is 19.9. The molecule has 1 fully saturated rings. The highest BCUT2D eigenvalue weighted by molar-refractivity contribution is 14.1. The fraction of sp³-hybridized carbons (Fsp3) is 0.647. The monoisotopic (exact) mass is 498 g/mol. The van der Waals surface area contributed by atoms with Crippen molar-refractivity contribution in [3.63, 3.8) is 0 Å². The summed E-state index contributed by atoms with van der Waals surface area (Å²) >= 11 is 5.86. The van der Waals surface area contributed by atoms with E-state index in [-0.39, 0.29) is 17.8 Å². The van der Waals surface area contributed by atoms with Crippen molar-refractivity contribution in [2.45, 2.75) is 58.9 Å². The second kappa shape index (κ2) is 8.10. The highest BCUT2D eigenvalue weighted by atomic mass is 127. The molecule has 0 saturated carbocycles. The van der Waals surface area contributed by atoms with E-state index in [9.17, 15) is 5.11 Å². The third-order valence-electron chi connectivity index (χ3n) is 3.73. The van der Waals surface area contributed by atoms with E-state index in [0.717, 1.165) is 13.6 Å². The number of hydrogen-bond acceptors (Lipinski definition) is 4. The van der Waals surface area contributed by atoms with Gasteiger partial charge in [-0.2, -0.15) is 0 Å². The van der Waals surface area contributed by atoms with Crippen molar-refractivity contribution < 1.29 is 19.3 Å². The Balaban J connectivity index is 2.03. The fourth-order valence-electron chi connectivity index (χ4n) is 2.42. The molecule has 2 rings (SSSR count). The van der Waals surface area contributed by atoms with Crippen LogP contribution in [0.1, 0.15) is 33.3 Å². The Morgan fingerprint density at radius 2 is 2.13 bits per heavy atom. The SMILES string of the molecule is CC(O)[C@H]1O[C@@H](C(C)(C)C)OC[C@H]1OCc1cccc(I)c1Br. The molecule has 0 radical (unpaired) electrons. The van der Waals surface area contributed by atoms with Crippen LogP contribution in [0.4, 0.5) is 0 Å². The van der Waals surface area contributed by atoms with Gasteiger partial charge in [-0.3, -0.25) is 0 Å². The number of rotatable bonds is 4. The molecule has 1 heterocycles. The predicted molar refractivity (Wildman–Crippen MR) is 101 cm³/mol. The molecule has 130 valence electrons. The van der Waals surface area contributed by atoms with E-state index in [2.05, 4.69) is 59.3 Å². The highest BCUT2D eigenvalue weighted by Gasteiger charge is 2.40. The second-order valence-corrected chi connectivity index (χ2v) is 8.89. The van der Waals surface area contributed by atoms with Gasteiger partial charge in [-0.05, 0) is 57.1 Å². The zero-order chi connectivity index (χ0) is 17.2. The summed E-state index contributed by atoms with van der Waals surface area (Å²) in [7, 11) is 0. The van der Waals surface area contributed by atoms with Crippen molar-refractivity contribution in [1.82, 2.24) is 0 Å². The van der Waals surface area contributed by atoms with Crippen molar-refractivity contribution in [3.05, 3.63) is 31.8 Å². The summed E-state index contributed by atoms with van der Waals surface area (Å²) in [4.78, 5) is 0. The van der Waals surface area contributed by atoms with Crippen LogP contribution in [0.5, 0.6) is 0 Å². The Hall–Kier alpha value is 0.270. The summed E-state index contributed by atoms with van der Waals surface area (Å²) in [5.74, 6) is 0. The molecule has 1 aliphatic heterocycles. The second-order valence-electron chi connectivity index (χ2n) is 6.93. The summed E-state index contributed by atoms with van der Waals surface area (Å²) in [6.07, 6.45) is -1.65. The van der Waals surface area contributed by atoms with Crippen LogP contribution < -0.4 is 0 Å². The van der Waals surface area contributed by atoms with Crippen LogP contribution in [0.2, 0.25) is 0 Å². The van der Waals surface area contributed by atoms with Gasteiger partial charge in [0.05, 0.1) is 19.3 Å². The lowest BCUT2D eigenvalue weighted by Crippen LogP contribution is -2.53. The first-order chi connectivity index (χ1) is 10.7. The maximum absolute atomic E-state index is 10.1. The molecule has 1 saturated heterocycles. The van der Waals surface area contributed by atoms with Crippen LogP contribution in [0.3, 0.4) is 0 Å². The highest BCUT2D eigenvalue weighted by Crippen LogP contribution is 2.31. The van der Waals surface area contributed by atoms with Gasteiger partial charge in [0.1, 0.15) is 12.2 Å². The Bertz CT molecular complexity index is 530. The number of halogens is 2. The van der Waals surface area contributed by atoms with E-state index in [4.69, 9.17) is 14.2 Å². The topological polar surface area (TPSA) is 47.9 Å². The van der Waals surface area contributed by atoms with Crippen LogP contribution >= 0.6 is 38.5 Å². The van der Waals surface area contributed by atoms with Gasteiger partial charge in [-0.25, -0.2) is 0 Å². The molecule has 1 aromatic rings. The molecule has 1 unspecified atom stereocenters. The molecule has 23 heavy (non-hydrogen) atoms. The zero-order valence-corrected chi connectivity index (χ0v) is 17.6. The molecule has 4 nitrogen and oxygen atoms in total. The first-order valence-electron chi connectivity index (χ1n) is 7.69. The van der Waals surface area contributed by atoms with Crippen LogP contribution in [-0.4, -0.2) is 36.3 Å². The van der Waals surface area contributed by atoms with Gasteiger partial charge in [-0.15, -0.1) is 0 Å². The fourth-order valence-corrected chi connectivity index (χ4v) is 3.36. The van der Waals surface area contributed by atoms with Gasteiger partial charge in [-0.1, -0.05) is 32.9 Å². The summed E-state index contributed by atoms with van der Waals surface area (Å²) in [5, 5.41) is 10.1. The Labute approximate surface area is 160 Å². The Morgan fingerprint density at radius 1 is 1.43 bits per heavy atom. The number of aliphatic hydroxyl groups excluding tert-OH is 1. The Kier molecular flexibility index (Phi) is 6.90. The summed E-state index contributed by atoms with van der Waals surface area (Å²) in [5.41, 5.74) is 0.927. The molecular weight excluding hydrogens is 475 g/mol. The average Bonchev–Trinajstić information content (AvgIpc) is 2.47. The minimum Gasteiger partial charge on any atom is -0.391 e. The van der Waals surface area contributed by atoms with Crippen LogP contribution in [0.15, 0.2) is 22.7 Å². The Morgan fingerprint density at radius 3 is 2.74 bits per heavy atom. The molecule has 0 amide bonds. The van der Waals surface area contributed by atoms with Crippen molar-refractivity contribution in [3.8, 4) is 0 Å². The van der Waals surface area contributed by atoms with Crippen molar-refractivity contribution >= 4 is 38.5 Å². The van der Waals surface area contributed by atoms with Gasteiger partial charge in [0, 0.05) is 13.5 Å². The van der Waals surface area contributed by atoms with Crippen molar-refractivity contribution in [2.75, 3.05) is 6.61 Å². The first-order valence-corrected chi connectivity index (χ1v) is 9.57. The minimum atomic E-state index is -0.617. The zero-order valence-electron chi connectivity index (χ0n) is 13.9. The lowest BCUT2D eigenvalue weighted by Gasteiger charge is -2.42. The number of hydrogen-bond donors (Lipinski definition) is 1. The van der Waals surface area contributed by atoms with E-state index in [1.807, 2.05) is 18.2 Å². The van der Waals surface area contributed by atoms with Gasteiger partial charge in [0.2, 0.25) is 0 Å². The summed E-state index contributed by atoms with van der Waals surface area (Å²) in [6, 6.07) is 6.06. The van der Waals surface area contributed by atoms with E-state index >= 15 is 0 Å². The van der Waals surface area contributed by atoms with Crippen molar-refractivity contribution in [1.29, 1.82) is 0 Å². The maximum atomic E-state index is 10.1. The standard InChI is InChI=1S/C17H24BrIO4/c1-10(20)15-13(9-22-16(23-15)17(2,3)4)21-8-11-6-5-7-12(19)14(11)18/h5-7,10,13,15-16,20H,8-9H2,1-4H3/t10?,13-,15-,16+/m1/s1. The molecule has 0 bridgehead atoms. The van der Waals surface area contributed by atoms with Gasteiger partial charge in [0.25, 0.3) is 0 Å². The lowest BCUT2D eigenvalue weighted by atomic mass is 9.94. The number of benzene rings is 1. The smallest absolute Gasteiger partial charge is 0.163 e. The van der Waals surface area contributed by atoms with Crippen LogP contribution in [0, 0.1) is 8.99 Å². The van der Waals surface area contributed by atoms with Crippen LogP contribution in [-0.2, 0) is 20.8 Å². The molecule has 1 aromatic carbocycles. The molecule has 0 aliphatic carbocycles. The molecule has 1 aliphatic rings. The van der Waals surface area contributed by atoms with Crippen LogP contribution in [0.25, 0.3) is 0 Å². The van der Waals surface area contributed by atoms with Gasteiger partial charge >= 0.3 is 0 Å². The van der Waals surface area contributed by atoms with Gasteiger partial charge in [0.15, 0.2) is 6.29 Å². The quantitative estimate of drug-likeness (QED) is 0.635. The first kappa shape index (κ1) is 19.6. The minimum absolute atomic E-state index is 0.142. The maximum Gasteiger partial charge on any atom is 0.163 e. The number of ether oxygens (including phenoxy) is 3. The van der Waals surface area contributed by atoms with E-state index < -0.39 is 12.2 Å². The van der Waals surface area contributed by atoms with E-state index in [0.29, 0.717) is 13.2 Å². The molecule has 1 N–H and O–H groups in total. The molecule has 6 heteroatoms. The molecule has 0 aromatic heterocycles. The van der Waals surface area contributed by atoms with Crippen molar-refractivity contribution in [2.24, 2.45) is 5.41 Å². The van der Waals surface area contributed by atoms with E-state index in [1.165, 1.54) is 0 Å². The average molecular weight is 499 g/mol. The summed E-state index contributed by atoms with van der Waals surface area (Å²) in [6.45, 7) is 8.76.